The number of ketones is 1. The molecule has 0 spiro atoms. The Morgan fingerprint density at radius 2 is 1.29 bits per heavy atom. The van der Waals surface area contributed by atoms with Gasteiger partial charge in [0.15, 0.2) is 5.78 Å². The number of ether oxygens (including phenoxy) is 5. The van der Waals surface area contributed by atoms with E-state index in [-0.39, 0.29) is 29.7 Å². The molecule has 7 rings (SSSR count). The highest BCUT2D eigenvalue weighted by atomic mass is 32.2. The van der Waals surface area contributed by atoms with E-state index in [1.54, 1.807) is 66.7 Å². The lowest BCUT2D eigenvalue weighted by Crippen LogP contribution is -2.10. The van der Waals surface area contributed by atoms with Crippen LogP contribution < -0.4 is 14.2 Å². The van der Waals surface area contributed by atoms with E-state index in [0.29, 0.717) is 58.4 Å². The van der Waals surface area contributed by atoms with Gasteiger partial charge in [-0.25, -0.2) is 14.6 Å². The number of rotatable bonds is 17. The highest BCUT2D eigenvalue weighted by molar-refractivity contribution is 8.14. The van der Waals surface area contributed by atoms with E-state index >= 15 is 0 Å². The smallest absolute Gasteiger partial charge is 0.345 e. The van der Waals surface area contributed by atoms with E-state index in [4.69, 9.17) is 23.7 Å². The maximum Gasteiger partial charge on any atom is 0.345 e. The first-order valence-corrected chi connectivity index (χ1v) is 20.6. The van der Waals surface area contributed by atoms with Gasteiger partial charge in [0.2, 0.25) is 5.12 Å². The largest absolute Gasteiger partial charge is 0.502 e. The van der Waals surface area contributed by atoms with Crippen LogP contribution in [0, 0.1) is 11.8 Å². The van der Waals surface area contributed by atoms with E-state index in [1.165, 1.54) is 12.5 Å². The molecule has 0 saturated heterocycles. The molecule has 0 saturated carbocycles. The maximum absolute atomic E-state index is 13.3. The highest BCUT2D eigenvalue weighted by Crippen LogP contribution is 2.38. The number of thioether (sulfide) groups is 1. The van der Waals surface area contributed by atoms with Gasteiger partial charge in [0, 0.05) is 45.8 Å². The Balaban J connectivity index is 0.928. The molecule has 312 valence electrons. The molecule has 0 N–H and O–H groups in total. The minimum atomic E-state index is -0.586. The molecule has 1 aromatic heterocycles. The van der Waals surface area contributed by atoms with Crippen molar-refractivity contribution in [3.05, 3.63) is 198 Å². The van der Waals surface area contributed by atoms with Crippen molar-refractivity contribution in [2.45, 2.75) is 11.3 Å². The molecule has 0 aliphatic heterocycles. The lowest BCUT2D eigenvalue weighted by atomic mass is 10.0. The molecule has 1 heterocycles. The van der Waals surface area contributed by atoms with Gasteiger partial charge in [-0.15, -0.1) is 0 Å². The molecule has 5 aromatic carbocycles. The predicted octanol–water partition coefficient (Wildman–Crippen LogP) is 10.1. The summed E-state index contributed by atoms with van der Waals surface area (Å²) >= 11 is 1.16. The van der Waals surface area contributed by atoms with Crippen LogP contribution >= 0.6 is 11.8 Å². The first kappa shape index (κ1) is 43.2. The average Bonchev–Trinajstić information content (AvgIpc) is 3.59. The van der Waals surface area contributed by atoms with Crippen LogP contribution in [0.5, 0.6) is 17.2 Å². The zero-order valence-electron chi connectivity index (χ0n) is 33.9. The van der Waals surface area contributed by atoms with Crippen LogP contribution in [-0.4, -0.2) is 54.2 Å². The molecule has 63 heavy (non-hydrogen) atoms. The zero-order chi connectivity index (χ0) is 44.0. The van der Waals surface area contributed by atoms with Gasteiger partial charge in [0.1, 0.15) is 36.2 Å². The van der Waals surface area contributed by atoms with Crippen molar-refractivity contribution < 1.29 is 42.9 Å². The molecule has 10 nitrogen and oxygen atoms in total. The first-order chi connectivity index (χ1) is 30.8. The lowest BCUT2D eigenvalue weighted by molar-refractivity contribution is -0.138. The molecule has 0 atom stereocenters. The minimum Gasteiger partial charge on any atom is -0.502 e. The summed E-state index contributed by atoms with van der Waals surface area (Å²) in [4.78, 5) is 55.2. The summed E-state index contributed by atoms with van der Waals surface area (Å²) < 4.78 is 26.6. The van der Waals surface area contributed by atoms with E-state index in [2.05, 4.69) is 30.0 Å². The Kier molecular flexibility index (Phi) is 14.4. The highest BCUT2D eigenvalue weighted by Gasteiger charge is 2.26. The molecule has 0 bridgehead atoms. The van der Waals surface area contributed by atoms with Gasteiger partial charge < -0.3 is 23.7 Å². The van der Waals surface area contributed by atoms with Crippen molar-refractivity contribution in [3.8, 4) is 40.2 Å². The third-order valence-electron chi connectivity index (χ3n) is 9.42. The van der Waals surface area contributed by atoms with Crippen molar-refractivity contribution in [2.24, 2.45) is 0 Å². The van der Waals surface area contributed by atoms with Crippen LogP contribution in [0.15, 0.2) is 158 Å². The summed E-state index contributed by atoms with van der Waals surface area (Å²) in [6.07, 6.45) is 8.60. The molecule has 1 aliphatic rings. The number of hydrogen-bond acceptors (Lipinski definition) is 11. The molecule has 0 unspecified atom stereocenters. The average molecular weight is 854 g/mol. The second-order valence-corrected chi connectivity index (χ2v) is 14.8. The van der Waals surface area contributed by atoms with E-state index < -0.39 is 11.9 Å². The van der Waals surface area contributed by atoms with E-state index in [9.17, 15) is 19.2 Å². The summed E-state index contributed by atoms with van der Waals surface area (Å²) in [5.74, 6) is 6.55. The van der Waals surface area contributed by atoms with Crippen molar-refractivity contribution >= 4 is 46.8 Å². The number of aromatic nitrogens is 1. The van der Waals surface area contributed by atoms with Gasteiger partial charge in [0.05, 0.1) is 25.0 Å². The number of pyridine rings is 1. The normalized spacial score (nSPS) is 11.1. The number of carbonyl (C=O) groups is 4. The summed E-state index contributed by atoms with van der Waals surface area (Å²) in [6, 6.07) is 35.8. The van der Waals surface area contributed by atoms with Crippen LogP contribution in [0.1, 0.15) is 65.4 Å². The van der Waals surface area contributed by atoms with Gasteiger partial charge in [-0.2, -0.15) is 0 Å². The van der Waals surface area contributed by atoms with Gasteiger partial charge in [-0.3, -0.25) is 9.59 Å². The summed E-state index contributed by atoms with van der Waals surface area (Å²) in [5, 5.41) is -0.0613. The van der Waals surface area contributed by atoms with Gasteiger partial charge in [0.25, 0.3) is 0 Å². The van der Waals surface area contributed by atoms with Crippen molar-refractivity contribution in [1.82, 2.24) is 4.98 Å². The third kappa shape index (κ3) is 11.7. The lowest BCUT2D eigenvalue weighted by Gasteiger charge is -2.08. The summed E-state index contributed by atoms with van der Waals surface area (Å²) in [6.45, 7) is 8.14. The molecule has 0 amide bonds. The Labute approximate surface area is 368 Å². The minimum absolute atomic E-state index is 0.0374. The fraction of sp³-hybridized carbons (Fsp3) is 0.0962. The quantitative estimate of drug-likeness (QED) is 0.0127. The number of carbonyl (C=O) groups excluding carboxylic acids is 4. The fourth-order valence-electron chi connectivity index (χ4n) is 6.24. The molecular weight excluding hydrogens is 815 g/mol. The second kappa shape index (κ2) is 21.0. The molecule has 6 aromatic rings. The SMILES string of the molecule is C=COCCCOc1ccc(C(=O)Sc2ccc(/C=C/c3ccc4c(c3)-c3cc(C#Cc5ccc(C(=O)Oc6ccc(OCCOC(=O)C=C)cc6)cn5)ccc3C4=O)cc2)cc1. The molecule has 0 fully saturated rings. The Bertz CT molecular complexity index is 2750. The molecule has 11 heteroatoms. The summed E-state index contributed by atoms with van der Waals surface area (Å²) in [5.41, 5.74) is 6.75. The molecule has 0 radical (unpaired) electrons. The van der Waals surface area contributed by atoms with E-state index in [1.807, 2.05) is 66.7 Å². The van der Waals surface area contributed by atoms with Crippen molar-refractivity contribution in [3.63, 3.8) is 0 Å². The van der Waals surface area contributed by atoms with Gasteiger partial charge in [-0.05, 0) is 143 Å². The Hall–Kier alpha value is -7.94. The van der Waals surface area contributed by atoms with Crippen LogP contribution in [0.25, 0.3) is 23.3 Å². The number of hydrogen-bond donors (Lipinski definition) is 0. The molecule has 1 aliphatic carbocycles. The first-order valence-electron chi connectivity index (χ1n) is 19.8. The van der Waals surface area contributed by atoms with Crippen LogP contribution in [0.4, 0.5) is 0 Å². The predicted molar refractivity (Wildman–Crippen MR) is 242 cm³/mol. The summed E-state index contributed by atoms with van der Waals surface area (Å²) in [7, 11) is 0. The van der Waals surface area contributed by atoms with Crippen molar-refractivity contribution in [2.75, 3.05) is 26.4 Å². The van der Waals surface area contributed by atoms with E-state index in [0.717, 1.165) is 51.4 Å². The van der Waals surface area contributed by atoms with Gasteiger partial charge in [-0.1, -0.05) is 49.4 Å². The standard InChI is InChI=1S/C52H39NO9S/c1-3-49(54)61-31-30-60-42-20-22-43(23-21-42)62-51(56)39-13-17-40(53-34-39)16-8-37-12-27-46-48(33-37)47-32-36(11-26-45(47)50(46)55)7-6-35-9-24-44(25-10-35)63-52(57)38-14-18-41(19-15-38)59-29-5-28-58-4-2/h3-4,6-7,9-15,17-27,32-34H,1-2,5,28-31H2/b7-6+. The van der Waals surface area contributed by atoms with Crippen LogP contribution in [-0.2, 0) is 14.3 Å². The fourth-order valence-corrected chi connectivity index (χ4v) is 6.98. The van der Waals surface area contributed by atoms with Crippen LogP contribution in [0.3, 0.4) is 0 Å². The van der Waals surface area contributed by atoms with Gasteiger partial charge >= 0.3 is 11.9 Å². The second-order valence-electron chi connectivity index (χ2n) is 13.7. The van der Waals surface area contributed by atoms with Crippen molar-refractivity contribution in [1.29, 1.82) is 0 Å². The molecular formula is C52H39NO9S. The Morgan fingerprint density at radius 1 is 0.635 bits per heavy atom. The zero-order valence-corrected chi connectivity index (χ0v) is 34.7. The topological polar surface area (TPSA) is 127 Å². The maximum atomic E-state index is 13.3. The third-order valence-corrected chi connectivity index (χ3v) is 10.3. The number of benzene rings is 5. The number of nitrogens with zero attached hydrogens (tertiary/aromatic N) is 1. The Morgan fingerprint density at radius 3 is 2.00 bits per heavy atom. The monoisotopic (exact) mass is 853 g/mol. The number of fused-ring (bicyclic) bond motifs is 3. The van der Waals surface area contributed by atoms with Crippen LogP contribution in [0.2, 0.25) is 0 Å². The number of esters is 2.